The Hall–Kier alpha value is 0.677. The van der Waals surface area contributed by atoms with Gasteiger partial charge in [-0.15, -0.1) is 0 Å². The quantitative estimate of drug-likeness (QED) is 0.0336. The maximum atomic E-state index is 11.2. The molecule has 18 atom stereocenters. The molecule has 0 bridgehead atoms. The van der Waals surface area contributed by atoms with Crippen molar-refractivity contribution in [3.63, 3.8) is 0 Å². The van der Waals surface area contributed by atoms with E-state index in [0.717, 1.165) is 25.7 Å². The number of aliphatic hydroxyl groups excluding tert-OH is 14. The number of ether oxygens (including phenoxy) is 6. The van der Waals surface area contributed by atoms with Crippen LogP contribution in [-0.2, 0) is 36.0 Å². The van der Waals surface area contributed by atoms with Crippen LogP contribution in [0.2, 0.25) is 17.7 Å². The van der Waals surface area contributed by atoms with Crippen LogP contribution in [0.15, 0.2) is 0 Å². The van der Waals surface area contributed by atoms with Crippen LogP contribution in [0.25, 0.3) is 0 Å². The summed E-state index contributed by atoms with van der Waals surface area (Å²) >= 11 is -9.02. The molecule has 65 heavy (non-hydrogen) atoms. The molecule has 4 rings (SSSR count). The Kier molecular flexibility index (Phi) is 23.7. The van der Waals surface area contributed by atoms with Crippen molar-refractivity contribution in [2.75, 3.05) is 39.6 Å². The normalized spacial score (nSPS) is 40.5. The molecule has 0 aliphatic carbocycles. The minimum atomic E-state index is -4.51. The summed E-state index contributed by atoms with van der Waals surface area (Å²) < 4.78 is 58.0. The Labute approximate surface area is 390 Å². The summed E-state index contributed by atoms with van der Waals surface area (Å²) in [6.07, 6.45) is -21.4. The number of rotatable bonds is 28. The molecular weight excluding hydrogens is 1090 g/mol. The third-order valence-electron chi connectivity index (χ3n) is 12.8. The molecule has 0 radical (unpaired) electrons. The summed E-state index contributed by atoms with van der Waals surface area (Å²) in [5.41, 5.74) is 0. The van der Waals surface area contributed by atoms with E-state index in [4.69, 9.17) is 36.0 Å². The van der Waals surface area contributed by atoms with Crippen molar-refractivity contribution < 1.29 is 107 Å². The Bertz CT molecular complexity index is 1270. The predicted molar refractivity (Wildman–Crippen MR) is 226 cm³/mol. The van der Waals surface area contributed by atoms with E-state index in [1.54, 1.807) is 0 Å². The third-order valence-corrected chi connectivity index (χ3v) is 45.9. The molecule has 0 unspecified atom stereocenters. The molecule has 0 aromatic carbocycles. The number of aliphatic hydroxyl groups is 14. The zero-order valence-electron chi connectivity index (χ0n) is 37.9. The SMILES string of the molecule is CCC[CH2][Sn]([CH2]CCC)([O]C[C@H]1O[C@H](O[C@]2(CO)O[C@H](CO)[C@@H](O)[C@@H]2O)[C@H](O)[C@@H](O)[C@@H]1O)[O][Sn]([CH2]CCC)([CH2]CCC)[O]C[C@H]1O[C@H](O[C@]2(CO)O[C@H](CO)[C@@H](O)[C@@H]2O)[C@H](O)[C@@H](O)[C@@H]1O. The molecule has 0 saturated carbocycles. The van der Waals surface area contributed by atoms with Crippen LogP contribution in [0.1, 0.15) is 79.1 Å². The molecule has 0 aromatic rings. The average molecular weight is 1160 g/mol. The average Bonchev–Trinajstić information content (AvgIpc) is 3.70. The van der Waals surface area contributed by atoms with Gasteiger partial charge in [-0.1, -0.05) is 0 Å². The van der Waals surface area contributed by atoms with Gasteiger partial charge in [0, 0.05) is 0 Å². The zero-order chi connectivity index (χ0) is 48.3. The topological polar surface area (TPSA) is 366 Å². The second kappa shape index (κ2) is 26.4. The van der Waals surface area contributed by atoms with Gasteiger partial charge in [0.05, 0.1) is 0 Å². The second-order valence-electron chi connectivity index (χ2n) is 17.7. The molecule has 0 aromatic heterocycles. The standard InChI is InChI=1S/2C12H21O11.4C4H9.O.2Sn/c2*13-1-4-6(16)8(18)9(19)11(21-4)23-12(3-15)10(20)7(17)5(2-14)22-12;4*1-3-4-2;;;/h2*4-11,14-20H,1-3H2;4*1,3-4H2,2H3;;;/q2*-1;;;;;;2*+1/t2*4-,5-,6-,7-,8+,9-,10+,11-,12+;;;;;;;/m11......./s1. The first-order valence-electron chi connectivity index (χ1n) is 23.1. The van der Waals surface area contributed by atoms with Crippen molar-refractivity contribution in [1.29, 1.82) is 0 Å². The van der Waals surface area contributed by atoms with E-state index in [-0.39, 0.29) is 13.2 Å². The van der Waals surface area contributed by atoms with Crippen molar-refractivity contribution in [3.05, 3.63) is 0 Å². The maximum absolute atomic E-state index is 11.2. The second-order valence-corrected chi connectivity index (χ2v) is 40.0. The summed E-state index contributed by atoms with van der Waals surface area (Å²) in [5, 5.41) is 149. The summed E-state index contributed by atoms with van der Waals surface area (Å²) in [5.74, 6) is -4.76. The Morgan fingerprint density at radius 1 is 0.431 bits per heavy atom. The first-order valence-corrected chi connectivity index (χ1v) is 35.8. The van der Waals surface area contributed by atoms with Crippen LogP contribution in [0.3, 0.4) is 0 Å². The fraction of sp³-hybridized carbons (Fsp3) is 1.00. The molecule has 384 valence electrons. The molecule has 4 aliphatic rings. The van der Waals surface area contributed by atoms with E-state index in [1.165, 1.54) is 0 Å². The Morgan fingerprint density at radius 3 is 1.02 bits per heavy atom. The summed E-state index contributed by atoms with van der Waals surface area (Å²) in [7, 11) is 0. The molecule has 4 aliphatic heterocycles. The van der Waals surface area contributed by atoms with Gasteiger partial charge in [0.1, 0.15) is 0 Å². The fourth-order valence-electron chi connectivity index (χ4n) is 8.63. The van der Waals surface area contributed by atoms with Gasteiger partial charge in [-0.3, -0.25) is 0 Å². The molecule has 0 amide bonds. The molecule has 4 heterocycles. The molecule has 23 nitrogen and oxygen atoms in total. The summed E-state index contributed by atoms with van der Waals surface area (Å²) in [6, 6.07) is 0. The van der Waals surface area contributed by atoms with Crippen LogP contribution >= 0.6 is 0 Å². The van der Waals surface area contributed by atoms with Gasteiger partial charge in [0.25, 0.3) is 0 Å². The zero-order valence-corrected chi connectivity index (χ0v) is 43.6. The van der Waals surface area contributed by atoms with Crippen LogP contribution in [0.4, 0.5) is 0 Å². The van der Waals surface area contributed by atoms with E-state index >= 15 is 0 Å². The number of hydrogen-bond acceptors (Lipinski definition) is 23. The van der Waals surface area contributed by atoms with E-state index in [9.17, 15) is 71.5 Å². The monoisotopic (exact) mass is 1170 g/mol. The molecular formula is C40H78O23Sn2. The predicted octanol–water partition coefficient (Wildman–Crippen LogP) is -3.63. The van der Waals surface area contributed by atoms with Crippen LogP contribution in [0.5, 0.6) is 0 Å². The summed E-state index contributed by atoms with van der Waals surface area (Å²) in [6.45, 7) is 3.77. The van der Waals surface area contributed by atoms with E-state index in [2.05, 4.69) is 0 Å². The fourth-order valence-corrected chi connectivity index (χ4v) is 51.1. The van der Waals surface area contributed by atoms with Crippen LogP contribution in [-0.4, -0.2) is 259 Å². The molecule has 14 N–H and O–H groups in total. The first-order chi connectivity index (χ1) is 30.9. The van der Waals surface area contributed by atoms with Gasteiger partial charge < -0.3 is 0 Å². The first kappa shape index (κ1) is 58.2. The van der Waals surface area contributed by atoms with Gasteiger partial charge >= 0.3 is 392 Å². The van der Waals surface area contributed by atoms with Gasteiger partial charge in [-0.05, 0) is 0 Å². The van der Waals surface area contributed by atoms with Crippen LogP contribution < -0.4 is 0 Å². The van der Waals surface area contributed by atoms with Gasteiger partial charge in [-0.25, -0.2) is 0 Å². The van der Waals surface area contributed by atoms with Crippen molar-refractivity contribution in [1.82, 2.24) is 0 Å². The van der Waals surface area contributed by atoms with E-state index < -0.39 is 174 Å². The van der Waals surface area contributed by atoms with Crippen molar-refractivity contribution in [2.24, 2.45) is 0 Å². The van der Waals surface area contributed by atoms with Crippen LogP contribution in [0, 0.1) is 0 Å². The minimum absolute atomic E-state index is 0.352. The third kappa shape index (κ3) is 13.6. The van der Waals surface area contributed by atoms with Gasteiger partial charge in [0.2, 0.25) is 0 Å². The molecule has 25 heteroatoms. The van der Waals surface area contributed by atoms with Gasteiger partial charge in [-0.2, -0.15) is 0 Å². The molecule has 0 spiro atoms. The Morgan fingerprint density at radius 2 is 0.754 bits per heavy atom. The van der Waals surface area contributed by atoms with E-state index in [1.807, 2.05) is 27.7 Å². The molecule has 4 fully saturated rings. The number of hydrogen-bond donors (Lipinski definition) is 14. The number of unbranched alkanes of at least 4 members (excludes halogenated alkanes) is 4. The molecule has 4 saturated heterocycles. The van der Waals surface area contributed by atoms with Crippen molar-refractivity contribution in [2.45, 2.75) is 206 Å². The van der Waals surface area contributed by atoms with Crippen molar-refractivity contribution >= 4 is 38.4 Å². The van der Waals surface area contributed by atoms with Gasteiger partial charge in [0.15, 0.2) is 0 Å². The Balaban J connectivity index is 1.64. The van der Waals surface area contributed by atoms with Crippen molar-refractivity contribution in [3.8, 4) is 0 Å². The summed E-state index contributed by atoms with van der Waals surface area (Å²) in [4.78, 5) is 0. The van der Waals surface area contributed by atoms with E-state index in [0.29, 0.717) is 43.4 Å².